The molecule has 6 heteroatoms. The Morgan fingerprint density at radius 3 is 2.48 bits per heavy atom. The molecule has 0 bridgehead atoms. The van der Waals surface area contributed by atoms with E-state index in [1.807, 2.05) is 0 Å². The summed E-state index contributed by atoms with van der Waals surface area (Å²) in [6.07, 6.45) is 6.03. The van der Waals surface area contributed by atoms with Crippen molar-refractivity contribution in [2.45, 2.75) is 20.3 Å². The Hall–Kier alpha value is -2.08. The molecule has 1 aliphatic rings. The van der Waals surface area contributed by atoms with Crippen LogP contribution in [0.15, 0.2) is 18.5 Å². The topological polar surface area (TPSA) is 72.4 Å². The Kier molecular flexibility index (Phi) is 5.16. The van der Waals surface area contributed by atoms with Crippen LogP contribution in [0, 0.1) is 0 Å². The van der Waals surface area contributed by atoms with Crippen molar-refractivity contribution < 1.29 is 14.3 Å². The third-order valence-electron chi connectivity index (χ3n) is 3.10. The highest BCUT2D eigenvalue weighted by Crippen LogP contribution is 2.20. The summed E-state index contributed by atoms with van der Waals surface area (Å²) in [4.78, 5) is 32.5. The summed E-state index contributed by atoms with van der Waals surface area (Å²) >= 11 is 0. The highest BCUT2D eigenvalue weighted by Gasteiger charge is 2.15. The molecular formula is C15H19N3O3. The fourth-order valence-electron chi connectivity index (χ4n) is 2.11. The van der Waals surface area contributed by atoms with Crippen LogP contribution in [0.1, 0.15) is 26.1 Å². The number of nitrogens with zero attached hydrogens (tertiary/aromatic N) is 3. The lowest BCUT2D eigenvalue weighted by molar-refractivity contribution is -0.119. The molecule has 2 rings (SSSR count). The van der Waals surface area contributed by atoms with Crippen LogP contribution in [0.3, 0.4) is 0 Å². The van der Waals surface area contributed by atoms with Gasteiger partial charge in [0.2, 0.25) is 0 Å². The van der Waals surface area contributed by atoms with Gasteiger partial charge in [0.15, 0.2) is 17.4 Å². The fourth-order valence-corrected chi connectivity index (χ4v) is 2.11. The van der Waals surface area contributed by atoms with Gasteiger partial charge in [-0.2, -0.15) is 0 Å². The number of carbonyl (C=O) groups is 2. The van der Waals surface area contributed by atoms with E-state index in [9.17, 15) is 9.59 Å². The van der Waals surface area contributed by atoms with Gasteiger partial charge in [0.1, 0.15) is 12.4 Å². The zero-order chi connectivity index (χ0) is 15.2. The molecule has 2 heterocycles. The summed E-state index contributed by atoms with van der Waals surface area (Å²) < 4.78 is 5.23. The molecule has 0 fully saturated rings. The van der Waals surface area contributed by atoms with Gasteiger partial charge in [-0.3, -0.25) is 14.5 Å². The van der Waals surface area contributed by atoms with Crippen LogP contribution < -0.4 is 4.74 Å². The van der Waals surface area contributed by atoms with Gasteiger partial charge in [-0.15, -0.1) is 0 Å². The van der Waals surface area contributed by atoms with E-state index in [-0.39, 0.29) is 18.2 Å². The van der Waals surface area contributed by atoms with Crippen LogP contribution in [0.4, 0.5) is 0 Å². The first kappa shape index (κ1) is 15.3. The molecular weight excluding hydrogens is 270 g/mol. The van der Waals surface area contributed by atoms with Crippen LogP contribution in [0.2, 0.25) is 0 Å². The minimum atomic E-state index is -0.0420. The molecule has 0 aliphatic carbocycles. The van der Waals surface area contributed by atoms with Crippen molar-refractivity contribution >= 4 is 17.1 Å². The SMILES string of the molecule is CC(=O)COc1cnc(C2=CCN(CC(C)=O)CC2)nc1. The largest absolute Gasteiger partial charge is 0.483 e. The maximum Gasteiger partial charge on any atom is 0.167 e. The van der Waals surface area contributed by atoms with Crippen LogP contribution >= 0.6 is 0 Å². The van der Waals surface area contributed by atoms with Crippen LogP contribution in [0.25, 0.3) is 5.57 Å². The second kappa shape index (κ2) is 7.08. The number of ketones is 2. The Labute approximate surface area is 123 Å². The molecule has 6 nitrogen and oxygen atoms in total. The highest BCUT2D eigenvalue weighted by atomic mass is 16.5. The highest BCUT2D eigenvalue weighted by molar-refractivity contribution is 5.78. The lowest BCUT2D eigenvalue weighted by Crippen LogP contribution is -2.32. The van der Waals surface area contributed by atoms with E-state index >= 15 is 0 Å². The zero-order valence-electron chi connectivity index (χ0n) is 12.3. The molecule has 21 heavy (non-hydrogen) atoms. The Morgan fingerprint density at radius 2 is 1.95 bits per heavy atom. The normalized spacial score (nSPS) is 15.4. The first-order valence-electron chi connectivity index (χ1n) is 6.90. The first-order chi connectivity index (χ1) is 10.0. The number of ether oxygens (including phenoxy) is 1. The third kappa shape index (κ3) is 4.75. The van der Waals surface area contributed by atoms with E-state index in [2.05, 4.69) is 20.9 Å². The van der Waals surface area contributed by atoms with Gasteiger partial charge in [-0.25, -0.2) is 9.97 Å². The average Bonchev–Trinajstić information content (AvgIpc) is 2.46. The maximum atomic E-state index is 11.1. The van der Waals surface area contributed by atoms with E-state index in [0.29, 0.717) is 18.1 Å². The molecule has 1 aromatic heterocycles. The number of rotatable bonds is 6. The van der Waals surface area contributed by atoms with Gasteiger partial charge in [-0.1, -0.05) is 6.08 Å². The Balaban J connectivity index is 1.95. The number of aromatic nitrogens is 2. The van der Waals surface area contributed by atoms with Crippen molar-refractivity contribution in [2.24, 2.45) is 0 Å². The van der Waals surface area contributed by atoms with Gasteiger partial charge in [-0.05, 0) is 25.8 Å². The summed E-state index contributed by atoms with van der Waals surface area (Å²) in [5.41, 5.74) is 1.08. The van der Waals surface area contributed by atoms with Gasteiger partial charge >= 0.3 is 0 Å². The summed E-state index contributed by atoms with van der Waals surface area (Å²) in [5, 5.41) is 0. The lowest BCUT2D eigenvalue weighted by atomic mass is 10.1. The third-order valence-corrected chi connectivity index (χ3v) is 3.10. The summed E-state index contributed by atoms with van der Waals surface area (Å²) in [5.74, 6) is 1.30. The fraction of sp³-hybridized carbons (Fsp3) is 0.467. The van der Waals surface area contributed by atoms with Crippen molar-refractivity contribution in [2.75, 3.05) is 26.2 Å². The van der Waals surface area contributed by atoms with Crippen molar-refractivity contribution in [3.8, 4) is 5.75 Å². The molecule has 0 N–H and O–H groups in total. The molecule has 112 valence electrons. The predicted octanol–water partition coefficient (Wildman–Crippen LogP) is 1.12. The van der Waals surface area contributed by atoms with E-state index < -0.39 is 0 Å². The molecule has 0 saturated heterocycles. The summed E-state index contributed by atoms with van der Waals surface area (Å²) in [6.45, 7) is 5.16. The van der Waals surface area contributed by atoms with Crippen molar-refractivity contribution in [3.63, 3.8) is 0 Å². The van der Waals surface area contributed by atoms with E-state index in [1.165, 1.54) is 6.92 Å². The van der Waals surface area contributed by atoms with Gasteiger partial charge < -0.3 is 4.74 Å². The minimum Gasteiger partial charge on any atom is -0.483 e. The van der Waals surface area contributed by atoms with Crippen molar-refractivity contribution in [1.29, 1.82) is 0 Å². The molecule has 1 aliphatic heterocycles. The van der Waals surface area contributed by atoms with Gasteiger partial charge in [0.05, 0.1) is 18.9 Å². The van der Waals surface area contributed by atoms with E-state index in [1.54, 1.807) is 19.3 Å². The standard InChI is InChI=1S/C15H19N3O3/c1-11(19)9-18-5-3-13(4-6-18)15-16-7-14(8-17-15)21-10-12(2)20/h3,7-8H,4-6,9-10H2,1-2H3. The number of hydrogen-bond donors (Lipinski definition) is 0. The molecule has 0 aromatic carbocycles. The summed E-state index contributed by atoms with van der Waals surface area (Å²) in [6, 6.07) is 0. The van der Waals surface area contributed by atoms with Crippen molar-refractivity contribution in [1.82, 2.24) is 14.9 Å². The first-order valence-corrected chi connectivity index (χ1v) is 6.90. The second-order valence-electron chi connectivity index (χ2n) is 5.15. The Morgan fingerprint density at radius 1 is 1.24 bits per heavy atom. The van der Waals surface area contributed by atoms with Gasteiger partial charge in [0.25, 0.3) is 0 Å². The number of Topliss-reactive ketones (excluding diaryl/α,β-unsaturated/α-hetero) is 2. The quantitative estimate of drug-likeness (QED) is 0.781. The molecule has 0 saturated carbocycles. The number of carbonyl (C=O) groups excluding carboxylic acids is 2. The molecule has 0 unspecified atom stereocenters. The van der Waals surface area contributed by atoms with Crippen LogP contribution in [-0.4, -0.2) is 52.7 Å². The average molecular weight is 289 g/mol. The molecule has 0 radical (unpaired) electrons. The second-order valence-corrected chi connectivity index (χ2v) is 5.15. The molecule has 0 atom stereocenters. The van der Waals surface area contributed by atoms with Crippen LogP contribution in [0.5, 0.6) is 5.75 Å². The smallest absolute Gasteiger partial charge is 0.167 e. The lowest BCUT2D eigenvalue weighted by Gasteiger charge is -2.24. The summed E-state index contributed by atoms with van der Waals surface area (Å²) in [7, 11) is 0. The van der Waals surface area contributed by atoms with Crippen LogP contribution in [-0.2, 0) is 9.59 Å². The number of hydrogen-bond acceptors (Lipinski definition) is 6. The monoisotopic (exact) mass is 289 g/mol. The zero-order valence-corrected chi connectivity index (χ0v) is 12.3. The molecule has 1 aromatic rings. The Bertz CT molecular complexity index is 552. The maximum absolute atomic E-state index is 11.1. The van der Waals surface area contributed by atoms with Gasteiger partial charge in [0, 0.05) is 13.1 Å². The van der Waals surface area contributed by atoms with Crippen molar-refractivity contribution in [3.05, 3.63) is 24.3 Å². The molecule has 0 amide bonds. The van der Waals surface area contributed by atoms with E-state index in [0.717, 1.165) is 25.1 Å². The minimum absolute atomic E-state index is 0.0331. The predicted molar refractivity (Wildman–Crippen MR) is 77.9 cm³/mol. The van der Waals surface area contributed by atoms with E-state index in [4.69, 9.17) is 4.74 Å². The molecule has 0 spiro atoms.